The van der Waals surface area contributed by atoms with Crippen molar-refractivity contribution in [2.24, 2.45) is 5.92 Å². The van der Waals surface area contributed by atoms with Gasteiger partial charge in [0.15, 0.2) is 5.58 Å². The molecule has 3 N–H and O–H groups in total. The van der Waals surface area contributed by atoms with Gasteiger partial charge in [-0.2, -0.15) is 4.98 Å². The summed E-state index contributed by atoms with van der Waals surface area (Å²) < 4.78 is 5.55. The fourth-order valence-corrected chi connectivity index (χ4v) is 2.63. The third-order valence-corrected chi connectivity index (χ3v) is 3.73. The molecule has 1 fully saturated rings. The maximum atomic E-state index is 10.9. The van der Waals surface area contributed by atoms with Crippen molar-refractivity contribution in [3.63, 3.8) is 0 Å². The number of rotatable bonds is 3. The van der Waals surface area contributed by atoms with E-state index in [1.165, 1.54) is 0 Å². The highest BCUT2D eigenvalue weighted by Crippen LogP contribution is 2.29. The van der Waals surface area contributed by atoms with Crippen LogP contribution < -0.4 is 5.32 Å². The average Bonchev–Trinajstić information content (AvgIpc) is 2.93. The number of fused-ring (bicyclic) bond motifs is 1. The molecule has 1 aromatic carbocycles. The quantitative estimate of drug-likeness (QED) is 0.790. The Morgan fingerprint density at radius 2 is 2.25 bits per heavy atom. The normalized spacial score (nSPS) is 26.0. The molecule has 1 aliphatic carbocycles. The number of benzene rings is 1. The first-order valence-corrected chi connectivity index (χ1v) is 6.57. The number of hydrogen-bond donors (Lipinski definition) is 3. The molecule has 1 heterocycles. The molecule has 3 rings (SSSR count). The van der Waals surface area contributed by atoms with E-state index in [0.717, 1.165) is 11.1 Å². The molecule has 0 spiro atoms. The number of oxazole rings is 1. The monoisotopic (exact) mass is 276 g/mol. The van der Waals surface area contributed by atoms with Gasteiger partial charge in [-0.1, -0.05) is 6.07 Å². The lowest BCUT2D eigenvalue weighted by Crippen LogP contribution is -2.28. The van der Waals surface area contributed by atoms with Crippen molar-refractivity contribution in [2.45, 2.75) is 31.9 Å². The summed E-state index contributed by atoms with van der Waals surface area (Å²) in [5.74, 6) is -1.39. The van der Waals surface area contributed by atoms with Crippen LogP contribution >= 0.6 is 0 Å². The van der Waals surface area contributed by atoms with E-state index in [1.54, 1.807) is 0 Å². The van der Waals surface area contributed by atoms with Gasteiger partial charge in [0.05, 0.1) is 18.1 Å². The van der Waals surface area contributed by atoms with Crippen molar-refractivity contribution in [1.29, 1.82) is 0 Å². The molecular weight excluding hydrogens is 260 g/mol. The van der Waals surface area contributed by atoms with Crippen LogP contribution in [0.15, 0.2) is 22.6 Å². The summed E-state index contributed by atoms with van der Waals surface area (Å²) in [6.45, 7) is 1.97. The van der Waals surface area contributed by atoms with Gasteiger partial charge in [0.1, 0.15) is 5.52 Å². The van der Waals surface area contributed by atoms with Crippen LogP contribution in [0.3, 0.4) is 0 Å². The van der Waals surface area contributed by atoms with Crippen molar-refractivity contribution in [1.82, 2.24) is 4.98 Å². The molecule has 2 aromatic rings. The maximum absolute atomic E-state index is 10.9. The lowest BCUT2D eigenvalue weighted by atomic mass is 10.1. The summed E-state index contributed by atoms with van der Waals surface area (Å²) in [7, 11) is 0. The van der Waals surface area contributed by atoms with Gasteiger partial charge in [0.2, 0.25) is 0 Å². The van der Waals surface area contributed by atoms with E-state index >= 15 is 0 Å². The van der Waals surface area contributed by atoms with E-state index < -0.39 is 18.0 Å². The van der Waals surface area contributed by atoms with Crippen LogP contribution in [0.5, 0.6) is 0 Å². The van der Waals surface area contributed by atoms with Crippen molar-refractivity contribution >= 4 is 23.1 Å². The van der Waals surface area contributed by atoms with E-state index in [0.29, 0.717) is 18.0 Å². The zero-order chi connectivity index (χ0) is 14.3. The topological polar surface area (TPSA) is 95.6 Å². The number of aliphatic hydroxyl groups is 1. The molecule has 6 nitrogen and oxygen atoms in total. The van der Waals surface area contributed by atoms with Gasteiger partial charge < -0.3 is 19.9 Å². The van der Waals surface area contributed by atoms with E-state index in [-0.39, 0.29) is 12.5 Å². The summed E-state index contributed by atoms with van der Waals surface area (Å²) >= 11 is 0. The van der Waals surface area contributed by atoms with E-state index in [9.17, 15) is 9.90 Å². The molecule has 1 saturated carbocycles. The van der Waals surface area contributed by atoms with Gasteiger partial charge in [-0.3, -0.25) is 4.79 Å². The number of carboxylic acids is 1. The maximum Gasteiger partial charge on any atom is 0.306 e. The Balaban J connectivity index is 1.78. The molecule has 3 unspecified atom stereocenters. The number of carbonyl (C=O) groups is 1. The minimum Gasteiger partial charge on any atom is -0.481 e. The van der Waals surface area contributed by atoms with Crippen molar-refractivity contribution in [3.05, 3.63) is 23.8 Å². The van der Waals surface area contributed by atoms with Crippen LogP contribution in [0.2, 0.25) is 0 Å². The fraction of sp³-hybridized carbons (Fsp3) is 0.429. The highest BCUT2D eigenvalue weighted by molar-refractivity contribution is 5.75. The first-order valence-electron chi connectivity index (χ1n) is 6.57. The van der Waals surface area contributed by atoms with Crippen LogP contribution in [0.1, 0.15) is 18.4 Å². The van der Waals surface area contributed by atoms with Crippen molar-refractivity contribution < 1.29 is 19.4 Å². The van der Waals surface area contributed by atoms with E-state index in [1.807, 2.05) is 25.1 Å². The highest BCUT2D eigenvalue weighted by atomic mass is 16.4. The zero-order valence-corrected chi connectivity index (χ0v) is 11.0. The first kappa shape index (κ1) is 12.9. The standard InChI is InChI=1S/C14H16N2O4/c1-7-2-3-12-10(4-7)16-14(20-12)15-9-5-8(13(18)19)6-11(9)17/h2-4,8-9,11,17H,5-6H2,1H3,(H,15,16)(H,18,19). The van der Waals surface area contributed by atoms with Crippen LogP contribution in [0.25, 0.3) is 11.1 Å². The Bertz CT molecular complexity index is 652. The SMILES string of the molecule is Cc1ccc2oc(NC3CC(C(=O)O)CC3O)nc2c1. The average molecular weight is 276 g/mol. The number of nitrogens with zero attached hydrogens (tertiary/aromatic N) is 1. The number of anilines is 1. The second kappa shape index (κ2) is 4.79. The summed E-state index contributed by atoms with van der Waals surface area (Å²) in [6, 6.07) is 5.66. The predicted octanol–water partition coefficient (Wildman–Crippen LogP) is 1.77. The molecule has 20 heavy (non-hydrogen) atoms. The Kier molecular flexibility index (Phi) is 3.10. The number of hydrogen-bond acceptors (Lipinski definition) is 5. The molecule has 1 aliphatic rings. The molecule has 1 aromatic heterocycles. The van der Waals surface area contributed by atoms with Gasteiger partial charge in [0.25, 0.3) is 6.01 Å². The molecule has 0 radical (unpaired) electrons. The van der Waals surface area contributed by atoms with Gasteiger partial charge >= 0.3 is 5.97 Å². The number of nitrogens with one attached hydrogen (secondary N) is 1. The minimum absolute atomic E-state index is 0.256. The molecule has 3 atom stereocenters. The Hall–Kier alpha value is -2.08. The second-order valence-corrected chi connectivity index (χ2v) is 5.31. The number of aliphatic carboxylic acids is 1. The second-order valence-electron chi connectivity index (χ2n) is 5.31. The lowest BCUT2D eigenvalue weighted by Gasteiger charge is -2.13. The van der Waals surface area contributed by atoms with Crippen LogP contribution in [0.4, 0.5) is 6.01 Å². The first-order chi connectivity index (χ1) is 9.52. The molecule has 0 saturated heterocycles. The van der Waals surface area contributed by atoms with Crippen molar-refractivity contribution in [3.8, 4) is 0 Å². The summed E-state index contributed by atoms with van der Waals surface area (Å²) in [5, 5.41) is 21.9. The summed E-state index contributed by atoms with van der Waals surface area (Å²) in [4.78, 5) is 15.3. The largest absolute Gasteiger partial charge is 0.481 e. The number of aryl methyl sites for hydroxylation is 1. The van der Waals surface area contributed by atoms with Crippen LogP contribution in [-0.2, 0) is 4.79 Å². The predicted molar refractivity (Wildman–Crippen MR) is 72.5 cm³/mol. The molecular formula is C14H16N2O4. The number of carboxylic acid groups (broad SMARTS) is 1. The third-order valence-electron chi connectivity index (χ3n) is 3.73. The lowest BCUT2D eigenvalue weighted by molar-refractivity contribution is -0.141. The van der Waals surface area contributed by atoms with E-state index in [4.69, 9.17) is 9.52 Å². The Morgan fingerprint density at radius 1 is 1.45 bits per heavy atom. The Labute approximate surface area is 115 Å². The molecule has 0 aliphatic heterocycles. The van der Waals surface area contributed by atoms with Gasteiger partial charge in [0, 0.05) is 0 Å². The molecule has 106 valence electrons. The molecule has 0 amide bonds. The third kappa shape index (κ3) is 2.34. The molecule has 6 heteroatoms. The van der Waals surface area contributed by atoms with Crippen LogP contribution in [0, 0.1) is 12.8 Å². The zero-order valence-electron chi connectivity index (χ0n) is 11.0. The smallest absolute Gasteiger partial charge is 0.306 e. The highest BCUT2D eigenvalue weighted by Gasteiger charge is 2.37. The van der Waals surface area contributed by atoms with Crippen LogP contribution in [-0.4, -0.2) is 33.3 Å². The van der Waals surface area contributed by atoms with E-state index in [2.05, 4.69) is 10.3 Å². The summed E-state index contributed by atoms with van der Waals surface area (Å²) in [5.41, 5.74) is 2.50. The number of aliphatic hydroxyl groups excluding tert-OH is 1. The molecule has 0 bridgehead atoms. The minimum atomic E-state index is -0.874. The van der Waals surface area contributed by atoms with Gasteiger partial charge in [-0.05, 0) is 37.5 Å². The fourth-order valence-electron chi connectivity index (χ4n) is 2.63. The van der Waals surface area contributed by atoms with Crippen molar-refractivity contribution in [2.75, 3.05) is 5.32 Å². The van der Waals surface area contributed by atoms with Gasteiger partial charge in [-0.25, -0.2) is 0 Å². The Morgan fingerprint density at radius 3 is 2.95 bits per heavy atom. The summed E-state index contributed by atoms with van der Waals surface area (Å²) in [6.07, 6.45) is -0.0755. The van der Waals surface area contributed by atoms with Gasteiger partial charge in [-0.15, -0.1) is 0 Å². The number of aromatic nitrogens is 1.